The summed E-state index contributed by atoms with van der Waals surface area (Å²) >= 11 is 0. The minimum atomic E-state index is -0.291. The van der Waals surface area contributed by atoms with Gasteiger partial charge in [0.25, 0.3) is 0 Å². The van der Waals surface area contributed by atoms with Crippen LogP contribution >= 0.6 is 0 Å². The normalized spacial score (nSPS) is 23.0. The van der Waals surface area contributed by atoms with Crippen LogP contribution in [0.2, 0.25) is 0 Å². The minimum absolute atomic E-state index is 0.148. The van der Waals surface area contributed by atoms with E-state index in [0.717, 1.165) is 6.42 Å². The van der Waals surface area contributed by atoms with Crippen molar-refractivity contribution in [2.75, 3.05) is 6.54 Å². The first-order valence-electron chi connectivity index (χ1n) is 8.26. The first kappa shape index (κ1) is 14.3. The van der Waals surface area contributed by atoms with Crippen LogP contribution in [0.15, 0.2) is 84.6 Å². The van der Waals surface area contributed by atoms with Gasteiger partial charge in [-0.25, -0.2) is 0 Å². The van der Waals surface area contributed by atoms with Crippen LogP contribution in [0.3, 0.4) is 0 Å². The van der Waals surface area contributed by atoms with Crippen molar-refractivity contribution >= 4 is 0 Å². The maximum atomic E-state index is 10.5. The highest BCUT2D eigenvalue weighted by atomic mass is 16.3. The Morgan fingerprint density at radius 2 is 1.52 bits per heavy atom. The molecule has 0 aromatic heterocycles. The summed E-state index contributed by atoms with van der Waals surface area (Å²) in [6.07, 6.45) is 7.08. The molecule has 4 rings (SSSR count). The summed E-state index contributed by atoms with van der Waals surface area (Å²) < 4.78 is 0. The highest BCUT2D eigenvalue weighted by Gasteiger charge is 2.39. The fourth-order valence-corrected chi connectivity index (χ4v) is 3.81. The molecule has 1 fully saturated rings. The number of fused-ring (bicyclic) bond motifs is 1. The van der Waals surface area contributed by atoms with Gasteiger partial charge in [0.15, 0.2) is 0 Å². The standard InChI is InChI=1S/C21H21NO/c23-20-15-22(19-14-8-7-13-18(19)20)21(16-9-3-1-4-10-16)17-11-5-2-6-12-17/h1-12,14,18,20-21,23H,13,15H2. The Kier molecular flexibility index (Phi) is 3.76. The number of aliphatic hydroxyl groups excluding tert-OH is 1. The first-order chi connectivity index (χ1) is 11.3. The summed E-state index contributed by atoms with van der Waals surface area (Å²) in [5.41, 5.74) is 3.79. The van der Waals surface area contributed by atoms with Gasteiger partial charge in [-0.3, -0.25) is 0 Å². The molecule has 2 aromatic rings. The van der Waals surface area contributed by atoms with Crippen molar-refractivity contribution in [2.24, 2.45) is 5.92 Å². The monoisotopic (exact) mass is 303 g/mol. The fraction of sp³-hybridized carbons (Fsp3) is 0.238. The summed E-state index contributed by atoms with van der Waals surface area (Å²) in [4.78, 5) is 2.38. The Hall–Kier alpha value is -2.32. The smallest absolute Gasteiger partial charge is 0.0800 e. The van der Waals surface area contributed by atoms with Crippen molar-refractivity contribution in [3.63, 3.8) is 0 Å². The van der Waals surface area contributed by atoms with Crippen LogP contribution in [0, 0.1) is 5.92 Å². The quantitative estimate of drug-likeness (QED) is 0.929. The van der Waals surface area contributed by atoms with E-state index in [-0.39, 0.29) is 18.1 Å². The maximum Gasteiger partial charge on any atom is 0.0800 e. The molecule has 0 radical (unpaired) electrons. The Morgan fingerprint density at radius 1 is 0.913 bits per heavy atom. The van der Waals surface area contributed by atoms with Crippen LogP contribution in [-0.2, 0) is 0 Å². The summed E-state index contributed by atoms with van der Waals surface area (Å²) in [5, 5.41) is 10.5. The number of nitrogens with zero attached hydrogens (tertiary/aromatic N) is 1. The third kappa shape index (κ3) is 2.60. The number of hydrogen-bond acceptors (Lipinski definition) is 2. The lowest BCUT2D eigenvalue weighted by atomic mass is 9.93. The van der Waals surface area contributed by atoms with Gasteiger partial charge in [-0.15, -0.1) is 0 Å². The molecule has 1 N–H and O–H groups in total. The average Bonchev–Trinajstić information content (AvgIpc) is 2.94. The van der Waals surface area contributed by atoms with Gasteiger partial charge in [-0.1, -0.05) is 72.8 Å². The molecule has 2 atom stereocenters. The van der Waals surface area contributed by atoms with Gasteiger partial charge < -0.3 is 10.0 Å². The topological polar surface area (TPSA) is 23.5 Å². The molecule has 2 heteroatoms. The average molecular weight is 303 g/mol. The van der Waals surface area contributed by atoms with Gasteiger partial charge in [-0.2, -0.15) is 0 Å². The maximum absolute atomic E-state index is 10.5. The van der Waals surface area contributed by atoms with Crippen LogP contribution in [-0.4, -0.2) is 22.7 Å². The predicted octanol–water partition coefficient (Wildman–Crippen LogP) is 3.91. The van der Waals surface area contributed by atoms with E-state index >= 15 is 0 Å². The highest BCUT2D eigenvalue weighted by molar-refractivity contribution is 5.36. The number of aliphatic hydroxyl groups is 1. The molecule has 2 aliphatic rings. The molecule has 1 saturated heterocycles. The third-order valence-corrected chi connectivity index (χ3v) is 4.90. The SMILES string of the molecule is OC1CN(C(c2ccccc2)c2ccccc2)C2=CC=CCC21. The number of rotatable bonds is 3. The molecule has 1 heterocycles. The van der Waals surface area contributed by atoms with Crippen LogP contribution < -0.4 is 0 Å². The van der Waals surface area contributed by atoms with E-state index in [2.05, 4.69) is 83.8 Å². The van der Waals surface area contributed by atoms with Crippen molar-refractivity contribution in [1.29, 1.82) is 0 Å². The summed E-state index contributed by atoms with van der Waals surface area (Å²) in [6.45, 7) is 0.687. The number of hydrogen-bond donors (Lipinski definition) is 1. The van der Waals surface area contributed by atoms with Crippen molar-refractivity contribution in [2.45, 2.75) is 18.6 Å². The fourth-order valence-electron chi connectivity index (χ4n) is 3.81. The van der Waals surface area contributed by atoms with E-state index < -0.39 is 0 Å². The van der Waals surface area contributed by atoms with E-state index in [1.54, 1.807) is 0 Å². The van der Waals surface area contributed by atoms with E-state index in [4.69, 9.17) is 0 Å². The molecule has 2 aromatic carbocycles. The molecule has 1 aliphatic heterocycles. The highest BCUT2D eigenvalue weighted by Crippen LogP contribution is 2.41. The molecule has 116 valence electrons. The van der Waals surface area contributed by atoms with E-state index in [1.165, 1.54) is 16.8 Å². The molecule has 1 aliphatic carbocycles. The predicted molar refractivity (Wildman–Crippen MR) is 92.8 cm³/mol. The molecule has 2 unspecified atom stereocenters. The second-order valence-corrected chi connectivity index (χ2v) is 6.31. The number of likely N-dealkylation sites (tertiary alicyclic amines) is 1. The Balaban J connectivity index is 1.80. The lowest BCUT2D eigenvalue weighted by molar-refractivity contribution is 0.139. The van der Waals surface area contributed by atoms with Crippen LogP contribution in [0.4, 0.5) is 0 Å². The Bertz CT molecular complexity index is 681. The molecule has 23 heavy (non-hydrogen) atoms. The van der Waals surface area contributed by atoms with E-state index in [1.807, 2.05) is 0 Å². The first-order valence-corrected chi connectivity index (χ1v) is 8.26. The van der Waals surface area contributed by atoms with Crippen LogP contribution in [0.1, 0.15) is 23.6 Å². The zero-order valence-electron chi connectivity index (χ0n) is 13.0. The Morgan fingerprint density at radius 3 is 2.13 bits per heavy atom. The zero-order chi connectivity index (χ0) is 15.6. The Labute approximate surface area is 137 Å². The molecular formula is C21H21NO. The summed E-state index contributed by atoms with van der Waals surface area (Å²) in [7, 11) is 0. The van der Waals surface area contributed by atoms with E-state index in [9.17, 15) is 5.11 Å². The number of allylic oxidation sites excluding steroid dienone is 3. The summed E-state index contributed by atoms with van der Waals surface area (Å²) in [6, 6.07) is 21.3. The minimum Gasteiger partial charge on any atom is -0.391 e. The van der Waals surface area contributed by atoms with Gasteiger partial charge in [0.2, 0.25) is 0 Å². The van der Waals surface area contributed by atoms with Gasteiger partial charge in [-0.05, 0) is 23.6 Å². The molecular weight excluding hydrogens is 282 g/mol. The largest absolute Gasteiger partial charge is 0.391 e. The summed E-state index contributed by atoms with van der Waals surface area (Å²) in [5.74, 6) is 0.231. The molecule has 2 nitrogen and oxygen atoms in total. The van der Waals surface area contributed by atoms with Crippen LogP contribution in [0.5, 0.6) is 0 Å². The van der Waals surface area contributed by atoms with Gasteiger partial charge in [0.1, 0.15) is 0 Å². The number of β-amino-alcohol motifs (C(OH)–C–C–N with tert-alkyl or cyclic N) is 1. The van der Waals surface area contributed by atoms with Gasteiger partial charge in [0, 0.05) is 18.2 Å². The zero-order valence-corrected chi connectivity index (χ0v) is 13.0. The second-order valence-electron chi connectivity index (χ2n) is 6.31. The lowest BCUT2D eigenvalue weighted by Gasteiger charge is -2.33. The third-order valence-electron chi connectivity index (χ3n) is 4.90. The van der Waals surface area contributed by atoms with Crippen molar-refractivity contribution in [1.82, 2.24) is 4.90 Å². The van der Waals surface area contributed by atoms with Crippen LogP contribution in [0.25, 0.3) is 0 Å². The molecule has 0 spiro atoms. The number of benzene rings is 2. The molecule has 0 saturated carbocycles. The van der Waals surface area contributed by atoms with Crippen molar-refractivity contribution in [3.8, 4) is 0 Å². The molecule has 0 amide bonds. The van der Waals surface area contributed by atoms with Crippen molar-refractivity contribution in [3.05, 3.63) is 95.7 Å². The second kappa shape index (κ2) is 6.05. The van der Waals surface area contributed by atoms with Gasteiger partial charge in [0.05, 0.1) is 12.1 Å². The van der Waals surface area contributed by atoms with Crippen molar-refractivity contribution < 1.29 is 5.11 Å². The lowest BCUT2D eigenvalue weighted by Crippen LogP contribution is -2.27. The van der Waals surface area contributed by atoms with E-state index in [0.29, 0.717) is 6.54 Å². The molecule has 0 bridgehead atoms. The van der Waals surface area contributed by atoms with Gasteiger partial charge >= 0.3 is 0 Å².